The van der Waals surface area contributed by atoms with Crippen LogP contribution >= 0.6 is 11.6 Å². The second-order valence-electron chi connectivity index (χ2n) is 9.68. The lowest BCUT2D eigenvalue weighted by molar-refractivity contribution is -0.139. The third kappa shape index (κ3) is 4.75. The number of anilines is 1. The first kappa shape index (κ1) is 25.4. The number of aromatic nitrogens is 3. The highest BCUT2D eigenvalue weighted by atomic mass is 35.5. The minimum Gasteiger partial charge on any atom is -0.383 e. The van der Waals surface area contributed by atoms with Crippen LogP contribution in [0.15, 0.2) is 53.8 Å². The fourth-order valence-corrected chi connectivity index (χ4v) is 6.34. The van der Waals surface area contributed by atoms with E-state index >= 15 is 0 Å². The van der Waals surface area contributed by atoms with Crippen molar-refractivity contribution in [1.82, 2.24) is 24.2 Å². The van der Waals surface area contributed by atoms with Gasteiger partial charge in [0.25, 0.3) is 10.0 Å². The van der Waals surface area contributed by atoms with E-state index in [1.54, 1.807) is 23.1 Å². The van der Waals surface area contributed by atoms with Gasteiger partial charge in [0.1, 0.15) is 17.2 Å². The maximum atomic E-state index is 13.6. The first-order valence-electron chi connectivity index (χ1n) is 11.9. The Hall–Kier alpha value is -3.25. The van der Waals surface area contributed by atoms with E-state index in [-0.39, 0.29) is 36.5 Å². The third-order valence-electron chi connectivity index (χ3n) is 6.90. The summed E-state index contributed by atoms with van der Waals surface area (Å²) in [5, 5.41) is 1.91. The molecule has 4 aromatic rings. The summed E-state index contributed by atoms with van der Waals surface area (Å²) in [6.07, 6.45) is 1.39. The number of H-pyrrole nitrogens is 1. The molecule has 1 unspecified atom stereocenters. The average molecular weight is 542 g/mol. The molecule has 2 atom stereocenters. The van der Waals surface area contributed by atoms with E-state index in [9.17, 15) is 13.2 Å². The van der Waals surface area contributed by atoms with Crippen molar-refractivity contribution in [3.8, 4) is 0 Å². The molecule has 1 aliphatic rings. The summed E-state index contributed by atoms with van der Waals surface area (Å²) < 4.78 is 28.4. The first-order valence-corrected chi connectivity index (χ1v) is 13.7. The molecule has 1 saturated heterocycles. The van der Waals surface area contributed by atoms with Crippen molar-refractivity contribution >= 4 is 55.2 Å². The molecular weight excluding hydrogens is 514 g/mol. The van der Waals surface area contributed by atoms with Crippen LogP contribution in [0, 0.1) is 5.92 Å². The van der Waals surface area contributed by atoms with E-state index in [1.165, 1.54) is 16.7 Å². The molecular formula is C25H28ClN7O3S. The van der Waals surface area contributed by atoms with Crippen molar-refractivity contribution in [3.63, 3.8) is 0 Å². The van der Waals surface area contributed by atoms with E-state index < -0.39 is 22.1 Å². The lowest BCUT2D eigenvalue weighted by atomic mass is 9.94. The first-order chi connectivity index (χ1) is 17.5. The number of rotatable bonds is 6. The van der Waals surface area contributed by atoms with Crippen LogP contribution in [0.3, 0.4) is 0 Å². The minimum absolute atomic E-state index is 0.00897. The van der Waals surface area contributed by atoms with E-state index in [1.807, 2.05) is 32.0 Å². The van der Waals surface area contributed by atoms with Crippen LogP contribution in [0.5, 0.6) is 0 Å². The average Bonchev–Trinajstić information content (AvgIpc) is 3.29. The maximum absolute atomic E-state index is 13.6. The summed E-state index contributed by atoms with van der Waals surface area (Å²) in [6, 6.07) is 11.2. The quantitative estimate of drug-likeness (QED) is 0.339. The Bertz CT molecular complexity index is 1600. The fraction of sp³-hybridized carbons (Fsp3) is 0.320. The molecule has 2 aromatic carbocycles. The second kappa shape index (κ2) is 9.56. The number of hydrogen-bond donors (Lipinski definition) is 3. The number of carbonyl (C=O) groups is 1. The molecule has 0 radical (unpaired) electrons. The van der Waals surface area contributed by atoms with Gasteiger partial charge in [0, 0.05) is 40.4 Å². The van der Waals surface area contributed by atoms with Gasteiger partial charge >= 0.3 is 0 Å². The van der Waals surface area contributed by atoms with Gasteiger partial charge in [-0.2, -0.15) is 4.31 Å². The normalized spacial score (nSPS) is 18.2. The number of halogens is 1. The van der Waals surface area contributed by atoms with Crippen LogP contribution in [0.2, 0.25) is 5.02 Å². The number of nitrogens with two attached hydrogens (primary N) is 2. The van der Waals surface area contributed by atoms with Crippen LogP contribution in [-0.4, -0.2) is 63.7 Å². The lowest BCUT2D eigenvalue weighted by Crippen LogP contribution is -2.63. The van der Waals surface area contributed by atoms with Gasteiger partial charge in [0.2, 0.25) is 5.91 Å². The molecule has 5 rings (SSSR count). The Morgan fingerprint density at radius 1 is 1.16 bits per heavy atom. The number of nitrogen functional groups attached to an aromatic ring is 1. The summed E-state index contributed by atoms with van der Waals surface area (Å²) in [6.45, 7) is 3.97. The minimum atomic E-state index is -3.99. The molecule has 10 nitrogen and oxygen atoms in total. The molecule has 0 aliphatic carbocycles. The van der Waals surface area contributed by atoms with Crippen molar-refractivity contribution < 1.29 is 13.2 Å². The summed E-state index contributed by atoms with van der Waals surface area (Å²) in [4.78, 5) is 26.4. The number of aromatic amines is 1. The molecule has 194 valence electrons. The lowest BCUT2D eigenvalue weighted by Gasteiger charge is -2.44. The number of sulfonamides is 1. The molecule has 3 heterocycles. The zero-order valence-corrected chi connectivity index (χ0v) is 22.0. The van der Waals surface area contributed by atoms with Gasteiger partial charge in [-0.1, -0.05) is 31.5 Å². The van der Waals surface area contributed by atoms with Gasteiger partial charge < -0.3 is 21.4 Å². The number of hydrogen-bond acceptors (Lipinski definition) is 7. The van der Waals surface area contributed by atoms with Crippen LogP contribution in [0.4, 0.5) is 5.82 Å². The standard InChI is InChI=1S/C25H28ClN7O3S/c1-14(2)24(27)21-11-32(37(35,36)22-9-16-8-17(26)4-6-19(16)31-22)12-23(34)33(21)10-15-3-5-18-20(7-15)29-13-30-25(18)28/h3-9,13-14,21,24,31H,10-12,27H2,1-2H3,(H2,28,29,30)/t21-,24?/m0/s1. The van der Waals surface area contributed by atoms with Crippen LogP contribution in [-0.2, 0) is 21.4 Å². The van der Waals surface area contributed by atoms with Gasteiger partial charge in [-0.05, 0) is 47.9 Å². The van der Waals surface area contributed by atoms with E-state index in [0.717, 1.165) is 10.9 Å². The van der Waals surface area contributed by atoms with Gasteiger partial charge in [-0.15, -0.1) is 0 Å². The molecule has 37 heavy (non-hydrogen) atoms. The van der Waals surface area contributed by atoms with E-state index in [2.05, 4.69) is 15.0 Å². The highest BCUT2D eigenvalue weighted by molar-refractivity contribution is 7.89. The third-order valence-corrected chi connectivity index (χ3v) is 8.87. The van der Waals surface area contributed by atoms with E-state index in [4.69, 9.17) is 23.1 Å². The van der Waals surface area contributed by atoms with E-state index in [0.29, 0.717) is 27.3 Å². The van der Waals surface area contributed by atoms with Crippen LogP contribution in [0.1, 0.15) is 19.4 Å². The van der Waals surface area contributed by atoms with Gasteiger partial charge in [0.15, 0.2) is 0 Å². The predicted octanol–water partition coefficient (Wildman–Crippen LogP) is 2.73. The molecule has 1 fully saturated rings. The van der Waals surface area contributed by atoms with Gasteiger partial charge in [-0.25, -0.2) is 18.4 Å². The molecule has 1 amide bonds. The Morgan fingerprint density at radius 3 is 2.70 bits per heavy atom. The number of amides is 1. The summed E-state index contributed by atoms with van der Waals surface area (Å²) in [7, 11) is -3.99. The Morgan fingerprint density at radius 2 is 1.95 bits per heavy atom. The molecule has 0 saturated carbocycles. The monoisotopic (exact) mass is 541 g/mol. The summed E-state index contributed by atoms with van der Waals surface area (Å²) in [5.74, 6) is 0.0742. The van der Waals surface area contributed by atoms with Crippen LogP contribution in [0.25, 0.3) is 21.8 Å². The summed E-state index contributed by atoms with van der Waals surface area (Å²) in [5.41, 5.74) is 14.6. The second-order valence-corrected chi connectivity index (χ2v) is 12.0. The number of benzene rings is 2. The zero-order valence-electron chi connectivity index (χ0n) is 20.4. The van der Waals surface area contributed by atoms with Gasteiger partial charge in [-0.3, -0.25) is 4.79 Å². The predicted molar refractivity (Wildman–Crippen MR) is 143 cm³/mol. The zero-order chi connectivity index (χ0) is 26.5. The molecule has 0 spiro atoms. The number of carbonyl (C=O) groups excluding carboxylic acids is 1. The van der Waals surface area contributed by atoms with Crippen molar-refractivity contribution in [2.75, 3.05) is 18.8 Å². The summed E-state index contributed by atoms with van der Waals surface area (Å²) >= 11 is 6.06. The molecule has 1 aliphatic heterocycles. The molecule has 5 N–H and O–H groups in total. The van der Waals surface area contributed by atoms with Crippen LogP contribution < -0.4 is 11.5 Å². The molecule has 0 bridgehead atoms. The number of fused-ring (bicyclic) bond motifs is 2. The topological polar surface area (TPSA) is 151 Å². The largest absolute Gasteiger partial charge is 0.383 e. The van der Waals surface area contributed by atoms with Crippen molar-refractivity contribution in [2.45, 2.75) is 37.5 Å². The molecule has 12 heteroatoms. The molecule has 2 aromatic heterocycles. The highest BCUT2D eigenvalue weighted by Crippen LogP contribution is 2.28. The fourth-order valence-electron chi connectivity index (χ4n) is 4.73. The van der Waals surface area contributed by atoms with Crippen molar-refractivity contribution in [1.29, 1.82) is 0 Å². The van der Waals surface area contributed by atoms with Gasteiger partial charge in [0.05, 0.1) is 18.1 Å². The number of nitrogens with one attached hydrogen (secondary N) is 1. The Kier molecular flexibility index (Phi) is 6.57. The van der Waals surface area contributed by atoms with Crippen molar-refractivity contribution in [3.05, 3.63) is 59.4 Å². The number of nitrogens with zero attached hydrogens (tertiary/aromatic N) is 4. The Labute approximate surface area is 219 Å². The smallest absolute Gasteiger partial charge is 0.259 e. The maximum Gasteiger partial charge on any atom is 0.259 e. The SMILES string of the molecule is CC(C)C(N)[C@@H]1CN(S(=O)(=O)c2cc3cc(Cl)ccc3[nH]2)CC(=O)N1Cc1ccc2c(N)ncnc2c1. The highest BCUT2D eigenvalue weighted by Gasteiger charge is 2.42. The number of piperazine rings is 1. The van der Waals surface area contributed by atoms with Crippen molar-refractivity contribution in [2.24, 2.45) is 11.7 Å². The Balaban J connectivity index is 1.46.